The summed E-state index contributed by atoms with van der Waals surface area (Å²) in [6.45, 7) is 2.15. The fraction of sp³-hybridized carbons (Fsp3) is 0.421. The molecule has 3 aromatic rings. The van der Waals surface area contributed by atoms with Crippen molar-refractivity contribution in [3.8, 4) is 11.5 Å². The van der Waals surface area contributed by atoms with Gasteiger partial charge in [0.15, 0.2) is 33.6 Å². The Morgan fingerprint density at radius 2 is 2.03 bits per heavy atom. The average Bonchev–Trinajstić information content (AvgIpc) is 3.31. The van der Waals surface area contributed by atoms with Crippen molar-refractivity contribution in [3.63, 3.8) is 0 Å². The number of nitrogens with two attached hydrogens (primary N) is 1. The van der Waals surface area contributed by atoms with E-state index in [1.54, 1.807) is 11.8 Å². The van der Waals surface area contributed by atoms with E-state index in [1.807, 2.05) is 12.1 Å². The van der Waals surface area contributed by atoms with Crippen molar-refractivity contribution in [2.45, 2.75) is 48.3 Å². The largest absolute Gasteiger partial charge is 0.454 e. The standard InChI is InChI=1S/C19H21IN6O2S/c20-12-7-13-14(28-10-27-13)8-15(12)29-19-25-16-17(21)23-9-24-18(16)26(19)6-2-1-5-22-11-3-4-11/h7-9,11,22H,1-6,10H2,(H2,21,23,24). The lowest BCUT2D eigenvalue weighted by molar-refractivity contribution is 0.174. The molecular formula is C19H21IN6O2S. The SMILES string of the molecule is Nc1ncnc2c1nc(Sc1cc3c(cc1I)OCO3)n2CCCCNC1CC1. The molecule has 3 N–H and O–H groups in total. The Labute approximate surface area is 186 Å². The van der Waals surface area contributed by atoms with E-state index in [-0.39, 0.29) is 6.79 Å². The van der Waals surface area contributed by atoms with Crippen molar-refractivity contribution in [1.82, 2.24) is 24.8 Å². The Morgan fingerprint density at radius 1 is 1.21 bits per heavy atom. The van der Waals surface area contributed by atoms with E-state index >= 15 is 0 Å². The molecule has 1 aliphatic carbocycles. The maximum Gasteiger partial charge on any atom is 0.231 e. The summed E-state index contributed by atoms with van der Waals surface area (Å²) in [4.78, 5) is 14.4. The van der Waals surface area contributed by atoms with Gasteiger partial charge in [0.05, 0.1) is 0 Å². The number of anilines is 1. The maximum atomic E-state index is 6.07. The molecule has 2 aliphatic rings. The molecule has 0 radical (unpaired) electrons. The second-order valence-corrected chi connectivity index (χ2v) is 9.32. The topological polar surface area (TPSA) is 100 Å². The highest BCUT2D eigenvalue weighted by Crippen LogP contribution is 2.41. The molecule has 0 bridgehead atoms. The molecule has 0 unspecified atom stereocenters. The van der Waals surface area contributed by atoms with Gasteiger partial charge in [-0.25, -0.2) is 15.0 Å². The van der Waals surface area contributed by atoms with Crippen LogP contribution in [0.2, 0.25) is 0 Å². The van der Waals surface area contributed by atoms with Crippen molar-refractivity contribution in [3.05, 3.63) is 22.0 Å². The quantitative estimate of drug-likeness (QED) is 0.342. The number of hydrogen-bond acceptors (Lipinski definition) is 8. The molecule has 1 fully saturated rings. The number of ether oxygens (including phenoxy) is 2. The van der Waals surface area contributed by atoms with Gasteiger partial charge in [-0.15, -0.1) is 0 Å². The van der Waals surface area contributed by atoms with Gasteiger partial charge in [0.2, 0.25) is 6.79 Å². The minimum Gasteiger partial charge on any atom is -0.454 e. The monoisotopic (exact) mass is 524 g/mol. The summed E-state index contributed by atoms with van der Waals surface area (Å²) < 4.78 is 14.2. The highest BCUT2D eigenvalue weighted by Gasteiger charge is 2.21. The van der Waals surface area contributed by atoms with Crippen molar-refractivity contribution < 1.29 is 9.47 Å². The fourth-order valence-electron chi connectivity index (χ4n) is 3.28. The number of hydrogen-bond donors (Lipinski definition) is 2. The van der Waals surface area contributed by atoms with Crippen molar-refractivity contribution in [2.24, 2.45) is 0 Å². The van der Waals surface area contributed by atoms with Crippen molar-refractivity contribution in [2.75, 3.05) is 19.1 Å². The van der Waals surface area contributed by atoms with Gasteiger partial charge >= 0.3 is 0 Å². The molecule has 1 aromatic carbocycles. The lowest BCUT2D eigenvalue weighted by Gasteiger charge is -2.10. The summed E-state index contributed by atoms with van der Waals surface area (Å²) in [6, 6.07) is 4.75. The first-order chi connectivity index (χ1) is 14.2. The number of fused-ring (bicyclic) bond motifs is 2. The van der Waals surface area contributed by atoms with E-state index in [1.165, 1.54) is 19.2 Å². The molecule has 0 spiro atoms. The van der Waals surface area contributed by atoms with Gasteiger partial charge in [-0.05, 0) is 67.0 Å². The number of benzene rings is 1. The molecule has 5 rings (SSSR count). The van der Waals surface area contributed by atoms with Gasteiger partial charge in [-0.3, -0.25) is 0 Å². The van der Waals surface area contributed by atoms with Crippen molar-refractivity contribution in [1.29, 1.82) is 0 Å². The molecule has 3 heterocycles. The summed E-state index contributed by atoms with van der Waals surface area (Å²) in [5.41, 5.74) is 7.51. The first-order valence-electron chi connectivity index (χ1n) is 9.66. The molecule has 8 nitrogen and oxygen atoms in total. The first-order valence-corrected chi connectivity index (χ1v) is 11.6. The predicted octanol–water partition coefficient (Wildman–Crippen LogP) is 3.43. The zero-order chi connectivity index (χ0) is 19.8. The van der Waals surface area contributed by atoms with Crippen LogP contribution in [0.1, 0.15) is 25.7 Å². The molecule has 0 atom stereocenters. The van der Waals surface area contributed by atoms with Gasteiger partial charge in [0.25, 0.3) is 0 Å². The normalized spacial score (nSPS) is 15.3. The number of unbranched alkanes of at least 4 members (excludes halogenated alkanes) is 1. The van der Waals surface area contributed by atoms with E-state index < -0.39 is 0 Å². The third-order valence-corrected chi connectivity index (χ3v) is 7.28. The molecule has 10 heteroatoms. The van der Waals surface area contributed by atoms with Gasteiger partial charge in [0.1, 0.15) is 6.33 Å². The Morgan fingerprint density at radius 3 is 2.86 bits per heavy atom. The predicted molar refractivity (Wildman–Crippen MR) is 119 cm³/mol. The van der Waals surface area contributed by atoms with Crippen molar-refractivity contribution >= 4 is 51.3 Å². The van der Waals surface area contributed by atoms with Gasteiger partial charge < -0.3 is 25.1 Å². The number of aromatic nitrogens is 4. The number of rotatable bonds is 8. The molecule has 29 heavy (non-hydrogen) atoms. The van der Waals surface area contributed by atoms with E-state index in [0.29, 0.717) is 11.3 Å². The lowest BCUT2D eigenvalue weighted by Crippen LogP contribution is -2.17. The van der Waals surface area contributed by atoms with Crippen LogP contribution >= 0.6 is 34.4 Å². The third-order valence-electron chi connectivity index (χ3n) is 4.97. The van der Waals surface area contributed by atoms with Crippen LogP contribution in [0.5, 0.6) is 11.5 Å². The molecule has 0 amide bonds. The molecule has 0 saturated heterocycles. The molecule has 152 valence electrons. The smallest absolute Gasteiger partial charge is 0.231 e. The van der Waals surface area contributed by atoms with Crippen LogP contribution in [0.3, 0.4) is 0 Å². The second-order valence-electron chi connectivity index (χ2n) is 7.15. The number of aryl methyl sites for hydroxylation is 1. The van der Waals surface area contributed by atoms with Crippen LogP contribution < -0.4 is 20.5 Å². The van der Waals surface area contributed by atoms with Crippen LogP contribution in [0, 0.1) is 3.57 Å². The molecule has 1 saturated carbocycles. The van der Waals surface area contributed by atoms with E-state index in [0.717, 1.165) is 62.7 Å². The zero-order valence-electron chi connectivity index (χ0n) is 15.7. The number of imidazole rings is 1. The first kappa shape index (κ1) is 19.2. The summed E-state index contributed by atoms with van der Waals surface area (Å²) in [6.07, 6.45) is 6.29. The van der Waals surface area contributed by atoms with Crippen LogP contribution in [0.4, 0.5) is 5.82 Å². The Bertz CT molecular complexity index is 1050. The number of nitrogens with one attached hydrogen (secondary N) is 1. The average molecular weight is 524 g/mol. The Balaban J connectivity index is 1.40. The highest BCUT2D eigenvalue weighted by atomic mass is 127. The Hall–Kier alpha value is -1.79. The summed E-state index contributed by atoms with van der Waals surface area (Å²) in [5, 5.41) is 4.43. The van der Waals surface area contributed by atoms with E-state index in [9.17, 15) is 0 Å². The zero-order valence-corrected chi connectivity index (χ0v) is 18.7. The summed E-state index contributed by atoms with van der Waals surface area (Å²) in [7, 11) is 0. The minimum absolute atomic E-state index is 0.263. The lowest BCUT2D eigenvalue weighted by atomic mass is 10.3. The number of nitrogen functional groups attached to an aromatic ring is 1. The second kappa shape index (κ2) is 8.15. The Kier molecular flexibility index (Phi) is 5.39. The van der Waals surface area contributed by atoms with Crippen LogP contribution in [0.15, 0.2) is 28.5 Å². The van der Waals surface area contributed by atoms with Gasteiger partial charge in [-0.1, -0.05) is 11.8 Å². The summed E-state index contributed by atoms with van der Waals surface area (Å²) >= 11 is 3.90. The molecule has 2 aromatic heterocycles. The van der Waals surface area contributed by atoms with Crippen LogP contribution in [-0.2, 0) is 6.54 Å². The van der Waals surface area contributed by atoms with Gasteiger partial charge in [-0.2, -0.15) is 0 Å². The highest BCUT2D eigenvalue weighted by molar-refractivity contribution is 14.1. The number of nitrogens with zero attached hydrogens (tertiary/aromatic N) is 4. The van der Waals surface area contributed by atoms with E-state index in [2.05, 4.69) is 42.4 Å². The molecule has 1 aliphatic heterocycles. The molecular weight excluding hydrogens is 503 g/mol. The third kappa shape index (κ3) is 4.10. The van der Waals surface area contributed by atoms with Crippen LogP contribution in [-0.4, -0.2) is 38.9 Å². The number of halogens is 1. The summed E-state index contributed by atoms with van der Waals surface area (Å²) in [5.74, 6) is 1.96. The maximum absolute atomic E-state index is 6.07. The van der Waals surface area contributed by atoms with Gasteiger partial charge in [0, 0.05) is 21.1 Å². The fourth-order valence-corrected chi connectivity index (χ4v) is 4.99. The van der Waals surface area contributed by atoms with E-state index in [4.69, 9.17) is 20.2 Å². The minimum atomic E-state index is 0.263. The van der Waals surface area contributed by atoms with Crippen LogP contribution in [0.25, 0.3) is 11.2 Å².